The van der Waals surface area contributed by atoms with Crippen LogP contribution in [0, 0.1) is 19.7 Å². The third-order valence-corrected chi connectivity index (χ3v) is 7.87. The predicted molar refractivity (Wildman–Crippen MR) is 145 cm³/mol. The van der Waals surface area contributed by atoms with E-state index < -0.39 is 11.4 Å². The lowest BCUT2D eigenvalue weighted by Crippen LogP contribution is -2.58. The molecule has 4 aromatic heterocycles. The summed E-state index contributed by atoms with van der Waals surface area (Å²) in [6.07, 6.45) is 6.88. The lowest BCUT2D eigenvalue weighted by molar-refractivity contribution is -0.181. The summed E-state index contributed by atoms with van der Waals surface area (Å²) in [6.45, 7) is 6.88. The van der Waals surface area contributed by atoms with Crippen molar-refractivity contribution < 1.29 is 13.9 Å². The van der Waals surface area contributed by atoms with Gasteiger partial charge in [-0.1, -0.05) is 6.07 Å². The van der Waals surface area contributed by atoms with E-state index in [0.29, 0.717) is 37.6 Å². The van der Waals surface area contributed by atoms with Crippen molar-refractivity contribution in [2.75, 3.05) is 18.5 Å². The molecule has 5 heterocycles. The molecule has 0 unspecified atom stereocenters. The van der Waals surface area contributed by atoms with Gasteiger partial charge in [-0.2, -0.15) is 10.2 Å². The van der Waals surface area contributed by atoms with E-state index in [9.17, 15) is 9.18 Å². The number of H-pyrrole nitrogens is 1. The van der Waals surface area contributed by atoms with E-state index in [4.69, 9.17) is 14.7 Å². The molecule has 0 radical (unpaired) electrons. The summed E-state index contributed by atoms with van der Waals surface area (Å²) < 4.78 is 20.9. The second kappa shape index (κ2) is 10.4. The van der Waals surface area contributed by atoms with Crippen LogP contribution in [-0.4, -0.2) is 64.5 Å². The summed E-state index contributed by atoms with van der Waals surface area (Å²) in [5.74, 6) is 2.53. The largest absolute Gasteiger partial charge is 0.363 e. The second-order valence-electron chi connectivity index (χ2n) is 10.6. The van der Waals surface area contributed by atoms with E-state index in [2.05, 4.69) is 25.6 Å². The van der Waals surface area contributed by atoms with Crippen molar-refractivity contribution in [1.82, 2.24) is 39.8 Å². The fraction of sp³-hybridized carbons (Fsp3) is 0.429. The lowest BCUT2D eigenvalue weighted by atomic mass is 9.76. The van der Waals surface area contributed by atoms with Gasteiger partial charge in [0, 0.05) is 36.5 Å². The van der Waals surface area contributed by atoms with Crippen molar-refractivity contribution in [1.29, 1.82) is 0 Å². The fourth-order valence-corrected chi connectivity index (χ4v) is 5.68. The van der Waals surface area contributed by atoms with Crippen molar-refractivity contribution in [2.45, 2.75) is 64.0 Å². The van der Waals surface area contributed by atoms with Crippen LogP contribution in [0.25, 0.3) is 5.82 Å². The van der Waals surface area contributed by atoms with Crippen LogP contribution in [0.3, 0.4) is 0 Å². The van der Waals surface area contributed by atoms with E-state index in [-0.39, 0.29) is 17.9 Å². The van der Waals surface area contributed by atoms with Gasteiger partial charge in [0.2, 0.25) is 0 Å². The first-order chi connectivity index (χ1) is 19.3. The number of hydrogen-bond acceptors (Lipinski definition) is 8. The molecule has 2 N–H and O–H groups in total. The molecule has 2 fully saturated rings. The topological polar surface area (TPSA) is 127 Å². The van der Waals surface area contributed by atoms with Crippen molar-refractivity contribution in [2.24, 2.45) is 0 Å². The van der Waals surface area contributed by atoms with Gasteiger partial charge >= 0.3 is 0 Å². The lowest BCUT2D eigenvalue weighted by Gasteiger charge is -2.46. The summed E-state index contributed by atoms with van der Waals surface area (Å²) in [5, 5.41) is 14.3. The first kappa shape index (κ1) is 26.1. The number of rotatable bonds is 6. The van der Waals surface area contributed by atoms with E-state index in [1.54, 1.807) is 12.3 Å². The van der Waals surface area contributed by atoms with Gasteiger partial charge in [-0.15, -0.1) is 0 Å². The Kier molecular flexibility index (Phi) is 6.78. The van der Waals surface area contributed by atoms with Crippen LogP contribution >= 0.6 is 0 Å². The highest BCUT2D eigenvalue weighted by Crippen LogP contribution is 2.43. The number of carbonyl (C=O) groups is 1. The molecule has 1 aliphatic carbocycles. The zero-order valence-corrected chi connectivity index (χ0v) is 22.8. The monoisotopic (exact) mass is 545 g/mol. The third kappa shape index (κ3) is 5.06. The number of nitrogens with one attached hydrogen (secondary N) is 2. The fourth-order valence-electron chi connectivity index (χ4n) is 5.68. The maximum atomic E-state index is 13.8. The Balaban J connectivity index is 1.13. The molecule has 12 heteroatoms. The molecular formula is C28H32FN9O2. The van der Waals surface area contributed by atoms with E-state index in [0.717, 1.165) is 47.6 Å². The summed E-state index contributed by atoms with van der Waals surface area (Å²) in [5.41, 5.74) is 1.84. The zero-order chi connectivity index (χ0) is 27.9. The van der Waals surface area contributed by atoms with Crippen LogP contribution < -0.4 is 5.32 Å². The minimum atomic E-state index is -0.832. The molecule has 2 aliphatic rings. The van der Waals surface area contributed by atoms with Crippen molar-refractivity contribution in [3.8, 4) is 5.82 Å². The molecule has 208 valence electrons. The number of aromatic amines is 1. The second-order valence-corrected chi connectivity index (χ2v) is 10.6. The standard InChI is InChI=1S/C28H32FN9O2/c1-17-12-23(33-24-13-18(2)35-36-24)34-26(32-17)20-6-8-28(9-7-20)27(39)37(10-11-40-28)19(3)21-4-5-25(30-14-21)38-16-22(29)15-31-38/h4-5,12-16,19-20H,6-11H2,1-3H3,(H2,32,33,34,35,36)/t19-,20-,28+/m1/s1. The smallest absolute Gasteiger partial charge is 0.255 e. The van der Waals surface area contributed by atoms with Gasteiger partial charge < -0.3 is 15.0 Å². The van der Waals surface area contributed by atoms with Gasteiger partial charge in [0.15, 0.2) is 11.6 Å². The normalized spacial score (nSPS) is 22.1. The number of aromatic nitrogens is 7. The number of morpholine rings is 1. The summed E-state index contributed by atoms with van der Waals surface area (Å²) >= 11 is 0. The average Bonchev–Trinajstić information content (AvgIpc) is 3.57. The average molecular weight is 546 g/mol. The van der Waals surface area contributed by atoms with E-state index >= 15 is 0 Å². The predicted octanol–water partition coefficient (Wildman–Crippen LogP) is 4.30. The molecule has 1 saturated heterocycles. The molecule has 1 aliphatic heterocycles. The Labute approximate surface area is 231 Å². The Hall–Kier alpha value is -4.19. The number of amides is 1. The first-order valence-electron chi connectivity index (χ1n) is 13.6. The SMILES string of the molecule is Cc1cc(Nc2cc(C)nc([C@H]3CC[C@]4(CC3)OCCN([C@H](C)c3ccc(-n5cc(F)cn5)nc3)C4=O)n2)[nH]n1. The molecule has 40 heavy (non-hydrogen) atoms. The number of halogens is 1. The van der Waals surface area contributed by atoms with Crippen LogP contribution in [0.4, 0.5) is 16.0 Å². The van der Waals surface area contributed by atoms with Gasteiger partial charge in [0.05, 0.1) is 30.7 Å². The number of carbonyl (C=O) groups excluding carboxylic acids is 1. The van der Waals surface area contributed by atoms with Crippen LogP contribution in [0.15, 0.2) is 42.9 Å². The number of anilines is 2. The van der Waals surface area contributed by atoms with Gasteiger partial charge in [-0.3, -0.25) is 9.89 Å². The minimum Gasteiger partial charge on any atom is -0.363 e. The van der Waals surface area contributed by atoms with Gasteiger partial charge in [0.1, 0.15) is 23.1 Å². The maximum Gasteiger partial charge on any atom is 0.255 e. The number of nitrogens with zero attached hydrogens (tertiary/aromatic N) is 7. The van der Waals surface area contributed by atoms with Crippen LogP contribution in [-0.2, 0) is 9.53 Å². The minimum absolute atomic E-state index is 0.0186. The molecule has 6 rings (SSSR count). The Morgan fingerprint density at radius 3 is 2.65 bits per heavy atom. The molecule has 11 nitrogen and oxygen atoms in total. The molecular weight excluding hydrogens is 513 g/mol. The number of hydrogen-bond donors (Lipinski definition) is 2. The van der Waals surface area contributed by atoms with Crippen molar-refractivity contribution in [3.63, 3.8) is 0 Å². The molecule has 0 bridgehead atoms. The van der Waals surface area contributed by atoms with Crippen molar-refractivity contribution in [3.05, 3.63) is 71.4 Å². The molecule has 1 atom stereocenters. The van der Waals surface area contributed by atoms with Crippen LogP contribution in [0.2, 0.25) is 0 Å². The molecule has 0 aromatic carbocycles. The summed E-state index contributed by atoms with van der Waals surface area (Å²) in [4.78, 5) is 29.7. The number of pyridine rings is 1. The van der Waals surface area contributed by atoms with Crippen LogP contribution in [0.5, 0.6) is 0 Å². The first-order valence-corrected chi connectivity index (χ1v) is 13.6. The molecule has 4 aromatic rings. The summed E-state index contributed by atoms with van der Waals surface area (Å²) in [7, 11) is 0. The molecule has 1 amide bonds. The van der Waals surface area contributed by atoms with Gasteiger partial charge in [-0.05, 0) is 58.1 Å². The number of ether oxygens (including phenoxy) is 1. The number of aryl methyl sites for hydroxylation is 2. The maximum absolute atomic E-state index is 13.8. The van der Waals surface area contributed by atoms with Gasteiger partial charge in [0.25, 0.3) is 5.91 Å². The highest BCUT2D eigenvalue weighted by Gasteiger charge is 2.49. The highest BCUT2D eigenvalue weighted by molar-refractivity contribution is 5.86. The van der Waals surface area contributed by atoms with Crippen LogP contribution in [0.1, 0.15) is 67.3 Å². The highest BCUT2D eigenvalue weighted by atomic mass is 19.1. The Bertz CT molecular complexity index is 1510. The third-order valence-electron chi connectivity index (χ3n) is 7.87. The molecule has 1 saturated carbocycles. The van der Waals surface area contributed by atoms with E-state index in [1.165, 1.54) is 10.9 Å². The quantitative estimate of drug-likeness (QED) is 0.367. The zero-order valence-electron chi connectivity index (χ0n) is 22.8. The van der Waals surface area contributed by atoms with Crippen molar-refractivity contribution >= 4 is 17.5 Å². The van der Waals surface area contributed by atoms with Gasteiger partial charge in [-0.25, -0.2) is 24.0 Å². The Morgan fingerprint density at radius 1 is 1.15 bits per heavy atom. The molecule has 1 spiro atoms. The summed E-state index contributed by atoms with van der Waals surface area (Å²) in [6, 6.07) is 7.34. The Morgan fingerprint density at radius 2 is 1.98 bits per heavy atom. The van der Waals surface area contributed by atoms with E-state index in [1.807, 2.05) is 43.9 Å².